The van der Waals surface area contributed by atoms with Crippen LogP contribution in [0.5, 0.6) is 0 Å². The zero-order chi connectivity index (χ0) is 15.7. The van der Waals surface area contributed by atoms with E-state index < -0.39 is 20.2 Å². The Hall–Kier alpha value is -0.975. The Morgan fingerprint density at radius 3 is 2.05 bits per heavy atom. The van der Waals surface area contributed by atoms with E-state index in [1.54, 1.807) is 0 Å². The molecule has 0 radical (unpaired) electrons. The van der Waals surface area contributed by atoms with Gasteiger partial charge in [-0.2, -0.15) is 0 Å². The normalized spacial score (nSPS) is 20.2. The molecule has 6 heteroatoms. The van der Waals surface area contributed by atoms with Crippen LogP contribution in [-0.4, -0.2) is 31.4 Å². The van der Waals surface area contributed by atoms with Crippen molar-refractivity contribution in [2.75, 3.05) is 6.61 Å². The molecular weight excluding hydrogens is 277 g/mol. The SMILES string of the molecule is CC1(C)OB(c2ccc(COCC(F)F)cc2)OC1(C)C. The van der Waals surface area contributed by atoms with Gasteiger partial charge in [0.15, 0.2) is 0 Å². The van der Waals surface area contributed by atoms with Crippen molar-refractivity contribution < 1.29 is 22.8 Å². The number of hydrogen-bond acceptors (Lipinski definition) is 3. The van der Waals surface area contributed by atoms with Crippen LogP contribution in [0.4, 0.5) is 8.78 Å². The fraction of sp³-hybridized carbons (Fsp3) is 0.600. The molecule has 0 aliphatic carbocycles. The molecule has 0 bridgehead atoms. The van der Waals surface area contributed by atoms with Crippen LogP contribution >= 0.6 is 0 Å². The first-order valence-electron chi connectivity index (χ1n) is 7.02. The van der Waals surface area contributed by atoms with E-state index in [0.717, 1.165) is 11.0 Å². The predicted molar refractivity (Wildman–Crippen MR) is 77.8 cm³/mol. The molecule has 1 saturated heterocycles. The minimum atomic E-state index is -2.44. The summed E-state index contributed by atoms with van der Waals surface area (Å²) in [5.74, 6) is 0. The van der Waals surface area contributed by atoms with E-state index in [4.69, 9.17) is 14.0 Å². The molecule has 0 atom stereocenters. The van der Waals surface area contributed by atoms with E-state index in [9.17, 15) is 8.78 Å². The monoisotopic (exact) mass is 298 g/mol. The van der Waals surface area contributed by atoms with Crippen molar-refractivity contribution in [3.8, 4) is 0 Å². The fourth-order valence-electron chi connectivity index (χ4n) is 2.02. The Labute approximate surface area is 124 Å². The number of halogens is 2. The summed E-state index contributed by atoms with van der Waals surface area (Å²) in [4.78, 5) is 0. The molecule has 1 aromatic carbocycles. The summed E-state index contributed by atoms with van der Waals surface area (Å²) in [6.45, 7) is 7.63. The van der Waals surface area contributed by atoms with Crippen molar-refractivity contribution in [1.29, 1.82) is 0 Å². The Morgan fingerprint density at radius 2 is 1.57 bits per heavy atom. The quantitative estimate of drug-likeness (QED) is 0.782. The smallest absolute Gasteiger partial charge is 0.399 e. The molecular formula is C15H21BF2O3. The van der Waals surface area contributed by atoms with Crippen LogP contribution in [0.15, 0.2) is 24.3 Å². The van der Waals surface area contributed by atoms with E-state index in [1.807, 2.05) is 52.0 Å². The zero-order valence-corrected chi connectivity index (χ0v) is 12.9. The van der Waals surface area contributed by atoms with Gasteiger partial charge in [0.25, 0.3) is 6.43 Å². The molecule has 0 aromatic heterocycles. The molecule has 0 spiro atoms. The van der Waals surface area contributed by atoms with Gasteiger partial charge >= 0.3 is 7.12 Å². The molecule has 3 nitrogen and oxygen atoms in total. The largest absolute Gasteiger partial charge is 0.494 e. The lowest BCUT2D eigenvalue weighted by molar-refractivity contribution is 0.00578. The Bertz CT molecular complexity index is 458. The molecule has 116 valence electrons. The second-order valence-corrected chi connectivity index (χ2v) is 6.24. The molecule has 21 heavy (non-hydrogen) atoms. The van der Waals surface area contributed by atoms with Crippen molar-refractivity contribution in [1.82, 2.24) is 0 Å². The highest BCUT2D eigenvalue weighted by atomic mass is 19.3. The minimum Gasteiger partial charge on any atom is -0.399 e. The molecule has 0 unspecified atom stereocenters. The first-order valence-corrected chi connectivity index (χ1v) is 7.02. The highest BCUT2D eigenvalue weighted by Gasteiger charge is 2.51. The minimum absolute atomic E-state index is 0.175. The third-order valence-electron chi connectivity index (χ3n) is 4.02. The lowest BCUT2D eigenvalue weighted by Crippen LogP contribution is -2.41. The summed E-state index contributed by atoms with van der Waals surface area (Å²) in [6, 6.07) is 7.43. The van der Waals surface area contributed by atoms with E-state index in [0.29, 0.717) is 0 Å². The van der Waals surface area contributed by atoms with Crippen LogP contribution in [0.2, 0.25) is 0 Å². The molecule has 1 aliphatic rings. The van der Waals surface area contributed by atoms with Crippen molar-refractivity contribution in [2.45, 2.75) is 51.9 Å². The van der Waals surface area contributed by atoms with Crippen molar-refractivity contribution in [3.05, 3.63) is 29.8 Å². The number of alkyl halides is 2. The van der Waals surface area contributed by atoms with Gasteiger partial charge in [-0.15, -0.1) is 0 Å². The third-order valence-corrected chi connectivity index (χ3v) is 4.02. The maximum Gasteiger partial charge on any atom is 0.494 e. The average Bonchev–Trinajstić information content (AvgIpc) is 2.59. The van der Waals surface area contributed by atoms with Gasteiger partial charge in [-0.25, -0.2) is 8.78 Å². The molecule has 1 fully saturated rings. The maximum absolute atomic E-state index is 12.0. The molecule has 0 saturated carbocycles. The van der Waals surface area contributed by atoms with E-state index in [2.05, 4.69) is 0 Å². The van der Waals surface area contributed by atoms with Crippen molar-refractivity contribution >= 4 is 12.6 Å². The molecule has 0 N–H and O–H groups in total. The van der Waals surface area contributed by atoms with E-state index in [1.165, 1.54) is 0 Å². The molecule has 0 amide bonds. The number of rotatable bonds is 5. The summed E-state index contributed by atoms with van der Waals surface area (Å²) in [7, 11) is -0.411. The summed E-state index contributed by atoms with van der Waals surface area (Å²) in [5.41, 5.74) is 0.995. The second kappa shape index (κ2) is 6.03. The summed E-state index contributed by atoms with van der Waals surface area (Å²) in [5, 5.41) is 0. The summed E-state index contributed by atoms with van der Waals surface area (Å²) < 4.78 is 40.8. The number of ether oxygens (including phenoxy) is 1. The molecule has 2 rings (SSSR count). The van der Waals surface area contributed by atoms with E-state index >= 15 is 0 Å². The predicted octanol–water partition coefficient (Wildman–Crippen LogP) is 2.77. The molecule has 1 aromatic rings. The highest BCUT2D eigenvalue weighted by Crippen LogP contribution is 2.36. The van der Waals surface area contributed by atoms with Gasteiger partial charge in [0.2, 0.25) is 0 Å². The van der Waals surface area contributed by atoms with Crippen molar-refractivity contribution in [2.24, 2.45) is 0 Å². The van der Waals surface area contributed by atoms with E-state index in [-0.39, 0.29) is 17.8 Å². The third kappa shape index (κ3) is 3.81. The van der Waals surface area contributed by atoms with Crippen LogP contribution in [0.25, 0.3) is 0 Å². The number of benzene rings is 1. The Kier molecular flexibility index (Phi) is 4.71. The zero-order valence-electron chi connectivity index (χ0n) is 12.9. The van der Waals surface area contributed by atoms with Gasteiger partial charge in [-0.05, 0) is 38.7 Å². The topological polar surface area (TPSA) is 27.7 Å². The van der Waals surface area contributed by atoms with Crippen LogP contribution in [0, 0.1) is 0 Å². The first-order chi connectivity index (χ1) is 9.71. The van der Waals surface area contributed by atoms with Gasteiger partial charge in [-0.1, -0.05) is 24.3 Å². The van der Waals surface area contributed by atoms with Gasteiger partial charge in [-0.3, -0.25) is 0 Å². The molecule has 1 aliphatic heterocycles. The van der Waals surface area contributed by atoms with Crippen molar-refractivity contribution in [3.63, 3.8) is 0 Å². The van der Waals surface area contributed by atoms with Gasteiger partial charge < -0.3 is 14.0 Å². The number of hydrogen-bond donors (Lipinski definition) is 0. The molecule has 1 heterocycles. The standard InChI is InChI=1S/C15H21BF2O3/c1-14(2)15(3,4)21-16(20-14)12-7-5-11(6-8-12)9-19-10-13(17)18/h5-8,13H,9-10H2,1-4H3. The fourth-order valence-corrected chi connectivity index (χ4v) is 2.02. The maximum atomic E-state index is 12.0. The summed E-state index contributed by atoms with van der Waals surface area (Å²) in [6.07, 6.45) is -2.44. The van der Waals surface area contributed by atoms with Gasteiger partial charge in [0.05, 0.1) is 17.8 Å². The van der Waals surface area contributed by atoms with Gasteiger partial charge in [0, 0.05) is 0 Å². The van der Waals surface area contributed by atoms with Crippen LogP contribution < -0.4 is 5.46 Å². The lowest BCUT2D eigenvalue weighted by Gasteiger charge is -2.32. The lowest BCUT2D eigenvalue weighted by atomic mass is 9.79. The summed E-state index contributed by atoms with van der Waals surface area (Å²) >= 11 is 0. The first kappa shape index (κ1) is 16.4. The Morgan fingerprint density at radius 1 is 1.05 bits per heavy atom. The van der Waals surface area contributed by atoms with Gasteiger partial charge in [0.1, 0.15) is 6.61 Å². The van der Waals surface area contributed by atoms with Crippen LogP contribution in [-0.2, 0) is 20.7 Å². The highest BCUT2D eigenvalue weighted by molar-refractivity contribution is 6.62. The Balaban J connectivity index is 1.97. The van der Waals surface area contributed by atoms with Crippen LogP contribution in [0.1, 0.15) is 33.3 Å². The average molecular weight is 298 g/mol. The second-order valence-electron chi connectivity index (χ2n) is 6.24. The van der Waals surface area contributed by atoms with Crippen LogP contribution in [0.3, 0.4) is 0 Å².